The second-order valence-corrected chi connectivity index (χ2v) is 10.1. The van der Waals surface area contributed by atoms with Crippen LogP contribution in [-0.2, 0) is 9.59 Å². The van der Waals surface area contributed by atoms with Crippen molar-refractivity contribution in [3.05, 3.63) is 11.6 Å². The normalized spacial score (nSPS) is 49.0. The summed E-state index contributed by atoms with van der Waals surface area (Å²) in [5, 5.41) is 9.46. The number of hydrogen-bond acceptors (Lipinski definition) is 2. The van der Waals surface area contributed by atoms with Crippen molar-refractivity contribution in [1.82, 2.24) is 0 Å². The first-order valence-corrected chi connectivity index (χ1v) is 10.2. The number of carbonyl (C=O) groups is 2. The second-order valence-electron chi connectivity index (χ2n) is 10.1. The van der Waals surface area contributed by atoms with E-state index in [1.54, 1.807) is 0 Å². The van der Waals surface area contributed by atoms with Gasteiger partial charge in [0.05, 0.1) is 6.42 Å². The van der Waals surface area contributed by atoms with E-state index < -0.39 is 5.97 Å². The summed E-state index contributed by atoms with van der Waals surface area (Å²) in [5.74, 6) is 1.74. The van der Waals surface area contributed by atoms with Gasteiger partial charge in [0.1, 0.15) is 0 Å². The molecule has 0 aromatic heterocycles. The highest BCUT2D eigenvalue weighted by atomic mass is 16.4. The first kappa shape index (κ1) is 17.3. The number of carboxylic acids is 1. The quantitative estimate of drug-likeness (QED) is 0.767. The summed E-state index contributed by atoms with van der Waals surface area (Å²) in [7, 11) is 0. The summed E-state index contributed by atoms with van der Waals surface area (Å²) >= 11 is 0. The van der Waals surface area contributed by atoms with Crippen LogP contribution in [0.15, 0.2) is 11.6 Å². The van der Waals surface area contributed by atoms with Crippen molar-refractivity contribution in [3.8, 4) is 0 Å². The Morgan fingerprint density at radius 1 is 1.08 bits per heavy atom. The average molecular weight is 344 g/mol. The lowest BCUT2D eigenvalue weighted by Gasteiger charge is -2.59. The Hall–Kier alpha value is -1.12. The number of ketones is 1. The Bertz CT molecular complexity index is 650. The molecule has 25 heavy (non-hydrogen) atoms. The van der Waals surface area contributed by atoms with Crippen LogP contribution in [0.1, 0.15) is 78.6 Å². The molecular weight excluding hydrogens is 312 g/mol. The maximum absolute atomic E-state index is 11.9. The van der Waals surface area contributed by atoms with Crippen molar-refractivity contribution in [2.24, 2.45) is 34.0 Å². The number of carbonyl (C=O) groups excluding carboxylic acids is 1. The first-order chi connectivity index (χ1) is 11.7. The minimum Gasteiger partial charge on any atom is -0.481 e. The van der Waals surface area contributed by atoms with Crippen LogP contribution in [0.4, 0.5) is 0 Å². The molecule has 3 heteroatoms. The van der Waals surface area contributed by atoms with Gasteiger partial charge in [0.25, 0.3) is 0 Å². The van der Waals surface area contributed by atoms with E-state index in [9.17, 15) is 14.7 Å². The molecule has 6 atom stereocenters. The van der Waals surface area contributed by atoms with Gasteiger partial charge in [-0.1, -0.05) is 26.3 Å². The molecule has 1 unspecified atom stereocenters. The fraction of sp³-hybridized carbons (Fsp3) is 0.818. The number of rotatable bonds is 2. The summed E-state index contributed by atoms with van der Waals surface area (Å²) in [6.07, 6.45) is 10.9. The highest BCUT2D eigenvalue weighted by Gasteiger charge is 2.62. The standard InChI is InChI=1S/C22H32O3/c1-20(13-19(24)25)9-7-18-16-5-4-14-12-15(23)6-10-21(14,2)17(16)8-11-22(18,20)3/h12,16-18H,4-11,13H2,1-3H3,(H,24,25)/t16-,17-,18+,20?,21+,22+/m1/s1. The molecule has 0 aromatic carbocycles. The zero-order valence-electron chi connectivity index (χ0n) is 15.9. The van der Waals surface area contributed by atoms with Crippen LogP contribution in [0.2, 0.25) is 0 Å². The molecule has 0 radical (unpaired) electrons. The van der Waals surface area contributed by atoms with Gasteiger partial charge in [-0.05, 0) is 85.0 Å². The van der Waals surface area contributed by atoms with E-state index in [0.717, 1.165) is 25.7 Å². The summed E-state index contributed by atoms with van der Waals surface area (Å²) in [6.45, 7) is 7.04. The molecule has 4 aliphatic rings. The molecule has 0 saturated heterocycles. The van der Waals surface area contributed by atoms with E-state index in [1.165, 1.54) is 24.8 Å². The maximum atomic E-state index is 11.9. The van der Waals surface area contributed by atoms with Gasteiger partial charge in [-0.3, -0.25) is 9.59 Å². The Morgan fingerprint density at radius 2 is 1.80 bits per heavy atom. The third kappa shape index (κ3) is 2.30. The van der Waals surface area contributed by atoms with Crippen LogP contribution >= 0.6 is 0 Å². The molecule has 3 fully saturated rings. The van der Waals surface area contributed by atoms with Crippen LogP contribution in [-0.4, -0.2) is 16.9 Å². The van der Waals surface area contributed by atoms with Crippen molar-refractivity contribution in [1.29, 1.82) is 0 Å². The smallest absolute Gasteiger partial charge is 0.303 e. The minimum atomic E-state index is -0.641. The fourth-order valence-electron chi connectivity index (χ4n) is 7.55. The summed E-state index contributed by atoms with van der Waals surface area (Å²) < 4.78 is 0. The number of fused-ring (bicyclic) bond motifs is 5. The van der Waals surface area contributed by atoms with Crippen molar-refractivity contribution in [2.75, 3.05) is 0 Å². The molecule has 1 N–H and O–H groups in total. The highest BCUT2D eigenvalue weighted by Crippen LogP contribution is 2.70. The third-order valence-electron chi connectivity index (χ3n) is 9.28. The van der Waals surface area contributed by atoms with Gasteiger partial charge < -0.3 is 5.11 Å². The molecule has 0 aromatic rings. The van der Waals surface area contributed by atoms with Gasteiger partial charge in [0, 0.05) is 6.42 Å². The van der Waals surface area contributed by atoms with Crippen molar-refractivity contribution in [2.45, 2.75) is 78.6 Å². The van der Waals surface area contributed by atoms with Crippen LogP contribution < -0.4 is 0 Å². The molecule has 138 valence electrons. The molecule has 4 aliphatic carbocycles. The number of allylic oxidation sites excluding steroid dienone is 1. The Morgan fingerprint density at radius 3 is 2.52 bits per heavy atom. The summed E-state index contributed by atoms with van der Waals surface area (Å²) in [6, 6.07) is 0. The van der Waals surface area contributed by atoms with Gasteiger partial charge in [-0.15, -0.1) is 0 Å². The SMILES string of the molecule is CC1(CC(=O)O)CC[C@H]2[C@@H]3CCC4=CC(=O)CC[C@]4(C)[C@@H]3CC[C@@]21C. The van der Waals surface area contributed by atoms with E-state index in [-0.39, 0.29) is 16.2 Å². The largest absolute Gasteiger partial charge is 0.481 e. The van der Waals surface area contributed by atoms with Gasteiger partial charge in [-0.2, -0.15) is 0 Å². The van der Waals surface area contributed by atoms with Gasteiger partial charge in [-0.25, -0.2) is 0 Å². The van der Waals surface area contributed by atoms with Gasteiger partial charge in [0.15, 0.2) is 5.78 Å². The molecule has 0 aliphatic heterocycles. The molecule has 0 amide bonds. The number of aliphatic carboxylic acids is 1. The minimum absolute atomic E-state index is 0.0615. The summed E-state index contributed by atoms with van der Waals surface area (Å²) in [4.78, 5) is 23.4. The van der Waals surface area contributed by atoms with E-state index in [4.69, 9.17) is 0 Å². The number of carboxylic acid groups (broad SMARTS) is 1. The molecule has 3 saturated carbocycles. The Labute approximate surface area is 151 Å². The predicted molar refractivity (Wildman–Crippen MR) is 97.1 cm³/mol. The van der Waals surface area contributed by atoms with Crippen molar-refractivity contribution >= 4 is 11.8 Å². The lowest BCUT2D eigenvalue weighted by molar-refractivity contribution is -0.144. The lowest BCUT2D eigenvalue weighted by Crippen LogP contribution is -2.52. The molecule has 0 spiro atoms. The lowest BCUT2D eigenvalue weighted by atomic mass is 9.45. The van der Waals surface area contributed by atoms with Crippen LogP contribution in [0.5, 0.6) is 0 Å². The summed E-state index contributed by atoms with van der Waals surface area (Å²) in [5.41, 5.74) is 1.73. The van der Waals surface area contributed by atoms with Crippen molar-refractivity contribution in [3.63, 3.8) is 0 Å². The highest BCUT2D eigenvalue weighted by molar-refractivity contribution is 5.91. The molecular formula is C22H32O3. The van der Waals surface area contributed by atoms with E-state index in [0.29, 0.717) is 36.4 Å². The first-order valence-electron chi connectivity index (χ1n) is 10.2. The van der Waals surface area contributed by atoms with Crippen molar-refractivity contribution < 1.29 is 14.7 Å². The number of hydrogen-bond donors (Lipinski definition) is 1. The predicted octanol–water partition coefficient (Wildman–Crippen LogP) is 5.00. The topological polar surface area (TPSA) is 54.4 Å². The Kier molecular flexibility index (Phi) is 3.76. The molecule has 0 heterocycles. The van der Waals surface area contributed by atoms with Gasteiger partial charge >= 0.3 is 5.97 Å². The van der Waals surface area contributed by atoms with Crippen LogP contribution in [0.25, 0.3) is 0 Å². The van der Waals surface area contributed by atoms with Gasteiger partial charge in [0.2, 0.25) is 0 Å². The molecule has 3 nitrogen and oxygen atoms in total. The third-order valence-corrected chi connectivity index (χ3v) is 9.28. The second kappa shape index (κ2) is 5.44. The Balaban J connectivity index is 1.66. The monoisotopic (exact) mass is 344 g/mol. The van der Waals surface area contributed by atoms with Crippen LogP contribution in [0, 0.1) is 34.0 Å². The fourth-order valence-corrected chi connectivity index (χ4v) is 7.55. The molecule has 0 bridgehead atoms. The molecule has 4 rings (SSSR count). The zero-order chi connectivity index (χ0) is 18.0. The van der Waals surface area contributed by atoms with Crippen LogP contribution in [0.3, 0.4) is 0 Å². The van der Waals surface area contributed by atoms with E-state index in [1.807, 2.05) is 6.08 Å². The maximum Gasteiger partial charge on any atom is 0.303 e. The zero-order valence-corrected chi connectivity index (χ0v) is 15.9. The van der Waals surface area contributed by atoms with E-state index in [2.05, 4.69) is 20.8 Å². The van der Waals surface area contributed by atoms with E-state index >= 15 is 0 Å². The average Bonchev–Trinajstić information content (AvgIpc) is 2.79.